The number of aryl methyl sites for hydroxylation is 1. The fraction of sp³-hybridized carbons (Fsp3) is 0.500. The lowest BCUT2D eigenvalue weighted by molar-refractivity contribution is -0.135. The Kier molecular flexibility index (Phi) is 2.92. The van der Waals surface area contributed by atoms with Crippen molar-refractivity contribution in [1.82, 2.24) is 15.3 Å². The van der Waals surface area contributed by atoms with E-state index < -0.39 is 5.54 Å². The third kappa shape index (κ3) is 2.11. The summed E-state index contributed by atoms with van der Waals surface area (Å²) in [5, 5.41) is 2.32. The van der Waals surface area contributed by atoms with Crippen LogP contribution in [-0.4, -0.2) is 33.9 Å². The Hall–Kier alpha value is -2.18. The average Bonchev–Trinajstić information content (AvgIpc) is 2.29. The molecule has 0 aromatic carbocycles. The first-order chi connectivity index (χ1) is 8.73. The molecule has 0 bridgehead atoms. The van der Waals surface area contributed by atoms with Crippen molar-refractivity contribution in [3.63, 3.8) is 0 Å². The van der Waals surface area contributed by atoms with Crippen LogP contribution in [0, 0.1) is 13.8 Å². The molecule has 3 N–H and O–H groups in total. The maximum absolute atomic E-state index is 11.9. The van der Waals surface area contributed by atoms with Gasteiger partial charge in [-0.25, -0.2) is 9.97 Å². The van der Waals surface area contributed by atoms with Gasteiger partial charge < -0.3 is 10.6 Å². The predicted octanol–water partition coefficient (Wildman–Crippen LogP) is -0.0830. The van der Waals surface area contributed by atoms with Gasteiger partial charge in [-0.05, 0) is 27.7 Å². The molecule has 2 heterocycles. The molecule has 0 unspecified atom stereocenters. The van der Waals surface area contributed by atoms with Gasteiger partial charge in [0.25, 0.3) is 5.91 Å². The average molecular weight is 263 g/mol. The topological polar surface area (TPSA) is 101 Å². The van der Waals surface area contributed by atoms with Gasteiger partial charge in [0.1, 0.15) is 23.0 Å². The van der Waals surface area contributed by atoms with E-state index >= 15 is 0 Å². The molecule has 2 amide bonds. The van der Waals surface area contributed by atoms with E-state index in [4.69, 9.17) is 5.73 Å². The first kappa shape index (κ1) is 13.3. The van der Waals surface area contributed by atoms with Gasteiger partial charge in [0, 0.05) is 5.56 Å². The van der Waals surface area contributed by atoms with E-state index in [1.807, 2.05) is 0 Å². The van der Waals surface area contributed by atoms with E-state index in [9.17, 15) is 9.59 Å². The molecule has 102 valence electrons. The Labute approximate surface area is 111 Å². The van der Waals surface area contributed by atoms with Gasteiger partial charge in [-0.3, -0.25) is 14.9 Å². The normalized spacial score (nSPS) is 18.4. The van der Waals surface area contributed by atoms with Gasteiger partial charge in [-0.15, -0.1) is 0 Å². The molecule has 1 aromatic heterocycles. The summed E-state index contributed by atoms with van der Waals surface area (Å²) in [5.41, 5.74) is 5.62. The van der Waals surface area contributed by atoms with Crippen molar-refractivity contribution in [1.29, 1.82) is 0 Å². The Bertz CT molecular complexity index is 567. The van der Waals surface area contributed by atoms with E-state index in [2.05, 4.69) is 15.3 Å². The van der Waals surface area contributed by atoms with Crippen LogP contribution in [0.3, 0.4) is 0 Å². The molecule has 0 atom stereocenters. The van der Waals surface area contributed by atoms with Crippen LogP contribution in [-0.2, 0) is 9.59 Å². The van der Waals surface area contributed by atoms with E-state index in [1.54, 1.807) is 32.6 Å². The SMILES string of the molecule is Cc1nc(N)c(C)c(N2CC(=O)NC(=O)C2(C)C)n1. The predicted molar refractivity (Wildman–Crippen MR) is 70.5 cm³/mol. The summed E-state index contributed by atoms with van der Waals surface area (Å²) in [6.07, 6.45) is 0. The maximum Gasteiger partial charge on any atom is 0.251 e. The Morgan fingerprint density at radius 3 is 2.53 bits per heavy atom. The second-order valence-electron chi connectivity index (χ2n) is 5.13. The number of carbonyl (C=O) groups is 2. The van der Waals surface area contributed by atoms with Crippen molar-refractivity contribution in [2.24, 2.45) is 0 Å². The molecule has 0 spiro atoms. The van der Waals surface area contributed by atoms with Gasteiger partial charge in [0.05, 0.1) is 6.54 Å². The summed E-state index contributed by atoms with van der Waals surface area (Å²) < 4.78 is 0. The molecule has 0 saturated carbocycles. The minimum absolute atomic E-state index is 0.0650. The van der Waals surface area contributed by atoms with Crippen LogP contribution in [0.4, 0.5) is 11.6 Å². The molecular weight excluding hydrogens is 246 g/mol. The molecule has 7 heteroatoms. The van der Waals surface area contributed by atoms with Crippen molar-refractivity contribution >= 4 is 23.5 Å². The summed E-state index contributed by atoms with van der Waals surface area (Å²) >= 11 is 0. The number of amides is 2. The summed E-state index contributed by atoms with van der Waals surface area (Å²) in [4.78, 5) is 33.6. The Balaban J connectivity index is 2.56. The standard InChI is InChI=1S/C12H17N5O2/c1-6-9(13)14-7(2)15-10(6)17-5-8(18)16-11(19)12(17,3)4/h5H2,1-4H3,(H2,13,14,15)(H,16,18,19). The van der Waals surface area contributed by atoms with Crippen LogP contribution in [0.1, 0.15) is 25.2 Å². The number of carbonyl (C=O) groups excluding carboxylic acids is 2. The first-order valence-corrected chi connectivity index (χ1v) is 5.96. The first-order valence-electron chi connectivity index (χ1n) is 5.96. The van der Waals surface area contributed by atoms with Crippen LogP contribution in [0.15, 0.2) is 0 Å². The second-order valence-corrected chi connectivity index (χ2v) is 5.13. The monoisotopic (exact) mass is 263 g/mol. The molecule has 1 aliphatic heterocycles. The largest absolute Gasteiger partial charge is 0.383 e. The van der Waals surface area contributed by atoms with E-state index in [0.717, 1.165) is 0 Å². The highest BCUT2D eigenvalue weighted by atomic mass is 16.2. The van der Waals surface area contributed by atoms with E-state index in [-0.39, 0.29) is 18.4 Å². The van der Waals surface area contributed by atoms with Crippen LogP contribution in [0.25, 0.3) is 0 Å². The lowest BCUT2D eigenvalue weighted by Crippen LogP contribution is -2.64. The Morgan fingerprint density at radius 2 is 1.89 bits per heavy atom. The third-order valence-electron chi connectivity index (χ3n) is 3.31. The molecule has 1 fully saturated rings. The number of anilines is 2. The molecule has 1 aliphatic rings. The van der Waals surface area contributed by atoms with Crippen molar-refractivity contribution in [2.75, 3.05) is 17.2 Å². The summed E-state index contributed by atoms with van der Waals surface area (Å²) in [6.45, 7) is 7.04. The van der Waals surface area contributed by atoms with E-state index in [1.165, 1.54) is 0 Å². The third-order valence-corrected chi connectivity index (χ3v) is 3.31. The highest BCUT2D eigenvalue weighted by Gasteiger charge is 2.42. The lowest BCUT2D eigenvalue weighted by Gasteiger charge is -2.41. The number of aromatic nitrogens is 2. The smallest absolute Gasteiger partial charge is 0.251 e. The van der Waals surface area contributed by atoms with E-state index in [0.29, 0.717) is 23.0 Å². The highest BCUT2D eigenvalue weighted by molar-refractivity contribution is 6.06. The summed E-state index contributed by atoms with van der Waals surface area (Å²) in [7, 11) is 0. The quantitative estimate of drug-likeness (QED) is 0.687. The Morgan fingerprint density at radius 1 is 1.26 bits per heavy atom. The summed E-state index contributed by atoms with van der Waals surface area (Å²) in [5.74, 6) is 0.693. The highest BCUT2D eigenvalue weighted by Crippen LogP contribution is 2.29. The van der Waals surface area contributed by atoms with Crippen molar-refractivity contribution in [3.05, 3.63) is 11.4 Å². The molecule has 7 nitrogen and oxygen atoms in total. The van der Waals surface area contributed by atoms with Crippen LogP contribution in [0.5, 0.6) is 0 Å². The van der Waals surface area contributed by atoms with Gasteiger partial charge in [0.2, 0.25) is 5.91 Å². The molecular formula is C12H17N5O2. The van der Waals surface area contributed by atoms with Gasteiger partial charge in [0.15, 0.2) is 0 Å². The zero-order valence-corrected chi connectivity index (χ0v) is 11.4. The fourth-order valence-electron chi connectivity index (χ4n) is 2.02. The second kappa shape index (κ2) is 4.18. The van der Waals surface area contributed by atoms with Gasteiger partial charge in [-0.1, -0.05) is 0 Å². The van der Waals surface area contributed by atoms with Crippen LogP contribution >= 0.6 is 0 Å². The van der Waals surface area contributed by atoms with Crippen molar-refractivity contribution in [3.8, 4) is 0 Å². The molecule has 1 saturated heterocycles. The molecule has 2 rings (SSSR count). The summed E-state index contributed by atoms with van der Waals surface area (Å²) in [6, 6.07) is 0. The number of nitrogens with two attached hydrogens (primary N) is 1. The maximum atomic E-state index is 11.9. The number of imide groups is 1. The van der Waals surface area contributed by atoms with Crippen molar-refractivity contribution in [2.45, 2.75) is 33.2 Å². The number of nitrogens with one attached hydrogen (secondary N) is 1. The van der Waals surface area contributed by atoms with Crippen molar-refractivity contribution < 1.29 is 9.59 Å². The number of nitrogen functional groups attached to an aromatic ring is 1. The van der Waals surface area contributed by atoms with Crippen LogP contribution < -0.4 is 16.0 Å². The van der Waals surface area contributed by atoms with Gasteiger partial charge >= 0.3 is 0 Å². The zero-order valence-electron chi connectivity index (χ0n) is 11.4. The number of nitrogens with zero attached hydrogens (tertiary/aromatic N) is 3. The number of hydrogen-bond donors (Lipinski definition) is 2. The molecule has 0 aliphatic carbocycles. The molecule has 1 aromatic rings. The molecule has 19 heavy (non-hydrogen) atoms. The van der Waals surface area contributed by atoms with Gasteiger partial charge in [-0.2, -0.15) is 0 Å². The number of hydrogen-bond acceptors (Lipinski definition) is 6. The zero-order chi connectivity index (χ0) is 14.4. The molecule has 0 radical (unpaired) electrons. The number of rotatable bonds is 1. The lowest BCUT2D eigenvalue weighted by atomic mass is 9.98. The van der Waals surface area contributed by atoms with Crippen LogP contribution in [0.2, 0.25) is 0 Å². The fourth-order valence-corrected chi connectivity index (χ4v) is 2.02. The minimum atomic E-state index is -0.869. The number of piperazine rings is 1. The minimum Gasteiger partial charge on any atom is -0.383 e.